The highest BCUT2D eigenvalue weighted by Gasteiger charge is 2.28. The molecular weight excluding hydrogens is 636 g/mol. The van der Waals surface area contributed by atoms with Crippen LogP contribution in [0.2, 0.25) is 0 Å². The quantitative estimate of drug-likeness (QED) is 0.0472. The van der Waals surface area contributed by atoms with Gasteiger partial charge < -0.3 is 49.4 Å². The second kappa shape index (κ2) is 20.7. The van der Waals surface area contributed by atoms with E-state index in [0.717, 1.165) is 28.0 Å². The molecule has 0 aliphatic rings. The highest BCUT2D eigenvalue weighted by molar-refractivity contribution is 5.93. The van der Waals surface area contributed by atoms with Crippen molar-refractivity contribution in [3.8, 4) is 16.9 Å². The van der Waals surface area contributed by atoms with Crippen LogP contribution in [-0.2, 0) is 27.2 Å². The number of ether oxygens (including phenoxy) is 1. The molecule has 3 aromatic carbocycles. The summed E-state index contributed by atoms with van der Waals surface area (Å²) in [5.41, 5.74) is 31.7. The van der Waals surface area contributed by atoms with Crippen LogP contribution in [0.3, 0.4) is 0 Å². The van der Waals surface area contributed by atoms with Gasteiger partial charge >= 0.3 is 0 Å². The number of methoxy groups -OCH3 is 1. The van der Waals surface area contributed by atoms with Crippen LogP contribution in [0.4, 0.5) is 0 Å². The predicted octanol–water partition coefficient (Wildman–Crippen LogP) is 0.668. The molecule has 3 amide bonds. The number of amides is 3. The molecule has 0 radical (unpaired) electrons. The Bertz CT molecular complexity index is 1560. The van der Waals surface area contributed by atoms with Gasteiger partial charge in [-0.05, 0) is 66.5 Å². The highest BCUT2D eigenvalue weighted by atomic mass is 16.5. The van der Waals surface area contributed by atoms with E-state index in [-0.39, 0.29) is 37.2 Å². The minimum Gasteiger partial charge on any atom is -0.497 e. The number of nitrogens with one attached hydrogen (secondary N) is 3. The Morgan fingerprint density at radius 1 is 0.680 bits per heavy atom. The van der Waals surface area contributed by atoms with Gasteiger partial charge in [-0.3, -0.25) is 24.4 Å². The van der Waals surface area contributed by atoms with Gasteiger partial charge in [-0.15, -0.1) is 0 Å². The number of guanidine groups is 2. The third kappa shape index (κ3) is 13.8. The molecule has 0 saturated carbocycles. The summed E-state index contributed by atoms with van der Waals surface area (Å²) in [5, 5.41) is 8.58. The number of rotatable bonds is 20. The second-order valence-corrected chi connectivity index (χ2v) is 11.8. The van der Waals surface area contributed by atoms with Crippen molar-refractivity contribution in [2.75, 3.05) is 26.7 Å². The minimum atomic E-state index is -1.03. The van der Waals surface area contributed by atoms with Gasteiger partial charge in [0.1, 0.15) is 17.8 Å². The molecule has 0 aliphatic carbocycles. The van der Waals surface area contributed by atoms with Gasteiger partial charge in [0.05, 0.1) is 13.2 Å². The molecular formula is C36H50N10O4. The lowest BCUT2D eigenvalue weighted by molar-refractivity contribution is -0.132. The zero-order valence-corrected chi connectivity index (χ0v) is 28.5. The van der Waals surface area contributed by atoms with Crippen LogP contribution >= 0.6 is 0 Å². The van der Waals surface area contributed by atoms with Crippen LogP contribution in [0.5, 0.6) is 5.75 Å². The number of benzene rings is 3. The molecule has 3 atom stereocenters. The number of carbonyl (C=O) groups is 3. The van der Waals surface area contributed by atoms with Gasteiger partial charge in [0.25, 0.3) is 0 Å². The molecule has 13 N–H and O–H groups in total. The van der Waals surface area contributed by atoms with Crippen LogP contribution in [0.25, 0.3) is 11.1 Å². The lowest BCUT2D eigenvalue weighted by atomic mass is 9.99. The topological polar surface area (TPSA) is 251 Å². The van der Waals surface area contributed by atoms with Crippen molar-refractivity contribution in [3.63, 3.8) is 0 Å². The van der Waals surface area contributed by atoms with E-state index in [1.54, 1.807) is 7.11 Å². The van der Waals surface area contributed by atoms with E-state index in [9.17, 15) is 14.4 Å². The van der Waals surface area contributed by atoms with Crippen LogP contribution in [0.15, 0.2) is 88.8 Å². The van der Waals surface area contributed by atoms with E-state index in [4.69, 9.17) is 33.4 Å². The third-order valence-corrected chi connectivity index (χ3v) is 7.89. The Morgan fingerprint density at radius 3 is 1.82 bits per heavy atom. The first-order valence-electron chi connectivity index (χ1n) is 16.6. The van der Waals surface area contributed by atoms with Crippen molar-refractivity contribution in [1.82, 2.24) is 16.0 Å². The van der Waals surface area contributed by atoms with Crippen molar-refractivity contribution in [2.45, 2.75) is 56.7 Å². The number of carbonyl (C=O) groups excluding carboxylic acids is 3. The summed E-state index contributed by atoms with van der Waals surface area (Å²) in [5.74, 6) is -0.757. The second-order valence-electron chi connectivity index (χ2n) is 11.8. The maximum atomic E-state index is 13.9. The normalized spacial score (nSPS) is 12.4. The van der Waals surface area contributed by atoms with Gasteiger partial charge in [0, 0.05) is 26.1 Å². The molecule has 14 heteroatoms. The number of hydrogen-bond acceptors (Lipinski definition) is 7. The zero-order chi connectivity index (χ0) is 36.3. The molecule has 0 heterocycles. The number of nitrogens with zero attached hydrogens (tertiary/aromatic N) is 2. The van der Waals surface area contributed by atoms with Gasteiger partial charge in [-0.1, -0.05) is 66.7 Å². The Balaban J connectivity index is 1.77. The fourth-order valence-corrected chi connectivity index (χ4v) is 5.13. The van der Waals surface area contributed by atoms with Crippen molar-refractivity contribution >= 4 is 29.6 Å². The molecule has 3 aromatic rings. The number of nitrogens with two attached hydrogens (primary N) is 5. The predicted molar refractivity (Wildman–Crippen MR) is 197 cm³/mol. The summed E-state index contributed by atoms with van der Waals surface area (Å²) >= 11 is 0. The van der Waals surface area contributed by atoms with E-state index in [0.29, 0.717) is 38.8 Å². The summed E-state index contributed by atoms with van der Waals surface area (Å²) in [6.45, 7) is 0.967. The maximum absolute atomic E-state index is 13.9. The summed E-state index contributed by atoms with van der Waals surface area (Å²) < 4.78 is 5.25. The Kier molecular flexibility index (Phi) is 16.0. The number of aliphatic imine (C=N–C) groups is 2. The molecule has 0 bridgehead atoms. The molecule has 0 saturated heterocycles. The molecule has 14 nitrogen and oxygen atoms in total. The van der Waals surface area contributed by atoms with Gasteiger partial charge in [0.2, 0.25) is 17.7 Å². The Hall–Kier alpha value is -5.63. The standard InChI is InChI=1S/C36H50N10O4/c1-50-28-17-15-27(16-18-28)26-13-11-25(12-14-26)23-31(46-32(47)29(37)9-5-20-43-35(38)39)34(49)45-30(10-6-21-44-36(40)41)33(48)42-22-19-24-7-3-2-4-8-24/h2-4,7-8,11-18,29-31H,5-6,9-10,19-23,37H2,1H3,(H,42,48)(H,45,49)(H,46,47)(H4,38,39,43)(H4,40,41,44)/t29-,30-,31-/m0/s1. The van der Waals surface area contributed by atoms with Crippen molar-refractivity contribution < 1.29 is 19.1 Å². The average molecular weight is 687 g/mol. The van der Waals surface area contributed by atoms with Gasteiger partial charge in [-0.2, -0.15) is 0 Å². The summed E-state index contributed by atoms with van der Waals surface area (Å²) in [4.78, 5) is 48.4. The summed E-state index contributed by atoms with van der Waals surface area (Å²) in [7, 11) is 1.61. The molecule has 0 aromatic heterocycles. The van der Waals surface area contributed by atoms with Gasteiger partial charge in [0.15, 0.2) is 11.9 Å². The van der Waals surface area contributed by atoms with Crippen LogP contribution in [0.1, 0.15) is 36.8 Å². The summed E-state index contributed by atoms with van der Waals surface area (Å²) in [6.07, 6.45) is 2.23. The van der Waals surface area contributed by atoms with Crippen molar-refractivity contribution in [2.24, 2.45) is 38.7 Å². The lowest BCUT2D eigenvalue weighted by Crippen LogP contribution is -2.56. The molecule has 0 fully saturated rings. The van der Waals surface area contributed by atoms with Crippen LogP contribution in [-0.4, -0.2) is 74.5 Å². The van der Waals surface area contributed by atoms with Crippen LogP contribution in [0, 0.1) is 0 Å². The molecule has 50 heavy (non-hydrogen) atoms. The largest absolute Gasteiger partial charge is 0.497 e. The molecule has 0 spiro atoms. The summed E-state index contributed by atoms with van der Waals surface area (Å²) in [6, 6.07) is 22.2. The smallest absolute Gasteiger partial charge is 0.243 e. The van der Waals surface area contributed by atoms with E-state index in [1.165, 1.54) is 0 Å². The SMILES string of the molecule is COc1ccc(-c2ccc(C[C@H](NC(=O)[C@@H](N)CCCN=C(N)N)C(=O)N[C@@H](CCCN=C(N)N)C(=O)NCCc3ccccc3)cc2)cc1. The van der Waals surface area contributed by atoms with E-state index in [1.807, 2.05) is 78.9 Å². The number of hydrogen-bond donors (Lipinski definition) is 8. The first-order valence-corrected chi connectivity index (χ1v) is 16.6. The monoisotopic (exact) mass is 686 g/mol. The van der Waals surface area contributed by atoms with Crippen LogP contribution < -0.4 is 49.4 Å². The Labute approximate surface area is 293 Å². The molecule has 268 valence electrons. The van der Waals surface area contributed by atoms with Crippen molar-refractivity contribution in [3.05, 3.63) is 90.0 Å². The average Bonchev–Trinajstić information content (AvgIpc) is 3.11. The highest BCUT2D eigenvalue weighted by Crippen LogP contribution is 2.23. The molecule has 0 unspecified atom stereocenters. The third-order valence-electron chi connectivity index (χ3n) is 7.89. The minimum absolute atomic E-state index is 0.0466. The van der Waals surface area contributed by atoms with E-state index in [2.05, 4.69) is 25.9 Å². The molecule has 3 rings (SSSR count). The lowest BCUT2D eigenvalue weighted by Gasteiger charge is -2.24. The Morgan fingerprint density at radius 2 is 1.24 bits per heavy atom. The van der Waals surface area contributed by atoms with Crippen molar-refractivity contribution in [1.29, 1.82) is 0 Å². The first kappa shape index (κ1) is 38.8. The molecule has 0 aliphatic heterocycles. The fourth-order valence-electron chi connectivity index (χ4n) is 5.13. The first-order chi connectivity index (χ1) is 24.0. The fraction of sp³-hybridized carbons (Fsp3) is 0.361. The van der Waals surface area contributed by atoms with E-state index >= 15 is 0 Å². The van der Waals surface area contributed by atoms with Gasteiger partial charge in [-0.25, -0.2) is 0 Å². The zero-order valence-electron chi connectivity index (χ0n) is 28.5. The van der Waals surface area contributed by atoms with E-state index < -0.39 is 29.9 Å². The maximum Gasteiger partial charge on any atom is 0.243 e.